The Kier molecular flexibility index (Phi) is 2.90. The Morgan fingerprint density at radius 1 is 1.44 bits per heavy atom. The van der Waals surface area contributed by atoms with Crippen LogP contribution in [-0.4, -0.2) is 5.16 Å². The monoisotopic (exact) mass is 262 g/mol. The molecular formula is C14H18N2OS. The quantitative estimate of drug-likeness (QED) is 0.918. The first-order chi connectivity index (χ1) is 8.65. The average molecular weight is 262 g/mol. The highest BCUT2D eigenvalue weighted by Gasteiger charge is 2.21. The van der Waals surface area contributed by atoms with Crippen molar-refractivity contribution >= 4 is 17.2 Å². The molecule has 0 bridgehead atoms. The SMILES string of the molecule is CC(C)Cc1c(-c2cc3c(s2)CCC3)noc1N. The van der Waals surface area contributed by atoms with Crippen molar-refractivity contribution in [2.75, 3.05) is 5.73 Å². The zero-order valence-electron chi connectivity index (χ0n) is 10.8. The minimum absolute atomic E-state index is 0.479. The van der Waals surface area contributed by atoms with Crippen molar-refractivity contribution in [1.82, 2.24) is 5.16 Å². The van der Waals surface area contributed by atoms with Crippen LogP contribution in [0.2, 0.25) is 0 Å². The minimum Gasteiger partial charge on any atom is -0.367 e. The summed E-state index contributed by atoms with van der Waals surface area (Å²) < 4.78 is 5.19. The Balaban J connectivity index is 2.00. The molecule has 1 aliphatic carbocycles. The predicted octanol–water partition coefficient (Wildman–Crippen LogP) is 3.67. The highest BCUT2D eigenvalue weighted by atomic mass is 32.1. The lowest BCUT2D eigenvalue weighted by atomic mass is 10.0. The number of anilines is 1. The number of fused-ring (bicyclic) bond motifs is 1. The van der Waals surface area contributed by atoms with E-state index < -0.39 is 0 Å². The van der Waals surface area contributed by atoms with E-state index in [1.807, 2.05) is 11.3 Å². The summed E-state index contributed by atoms with van der Waals surface area (Å²) in [6.45, 7) is 4.37. The van der Waals surface area contributed by atoms with Crippen molar-refractivity contribution < 1.29 is 4.52 Å². The molecule has 2 N–H and O–H groups in total. The third-order valence-corrected chi connectivity index (χ3v) is 4.65. The van der Waals surface area contributed by atoms with Crippen molar-refractivity contribution in [2.24, 2.45) is 5.92 Å². The fourth-order valence-corrected chi connectivity index (χ4v) is 3.83. The number of aromatic nitrogens is 1. The molecule has 3 nitrogen and oxygen atoms in total. The van der Waals surface area contributed by atoms with Gasteiger partial charge >= 0.3 is 0 Å². The van der Waals surface area contributed by atoms with Gasteiger partial charge in [0.05, 0.1) is 4.88 Å². The summed E-state index contributed by atoms with van der Waals surface area (Å²) in [6.07, 6.45) is 4.64. The van der Waals surface area contributed by atoms with Crippen LogP contribution in [0.15, 0.2) is 10.6 Å². The van der Waals surface area contributed by atoms with Gasteiger partial charge in [0.1, 0.15) is 5.69 Å². The molecule has 2 heterocycles. The average Bonchev–Trinajstić information content (AvgIpc) is 2.93. The molecule has 0 saturated heterocycles. The van der Waals surface area contributed by atoms with Gasteiger partial charge < -0.3 is 10.3 Å². The van der Waals surface area contributed by atoms with E-state index in [-0.39, 0.29) is 0 Å². The van der Waals surface area contributed by atoms with Crippen LogP contribution in [0.25, 0.3) is 10.6 Å². The van der Waals surface area contributed by atoms with Gasteiger partial charge in [-0.1, -0.05) is 19.0 Å². The Bertz CT molecular complexity index is 547. The summed E-state index contributed by atoms with van der Waals surface area (Å²) in [7, 11) is 0. The standard InChI is InChI=1S/C14H18N2OS/c1-8(2)6-10-13(16-17-14(10)15)12-7-9-4-3-5-11(9)18-12/h7-8H,3-6,15H2,1-2H3. The molecule has 2 aromatic heterocycles. The normalized spacial score (nSPS) is 14.4. The van der Waals surface area contributed by atoms with E-state index >= 15 is 0 Å². The summed E-state index contributed by atoms with van der Waals surface area (Å²) in [6, 6.07) is 2.27. The maximum Gasteiger partial charge on any atom is 0.225 e. The fraction of sp³-hybridized carbons (Fsp3) is 0.500. The van der Waals surface area contributed by atoms with Crippen LogP contribution in [-0.2, 0) is 19.3 Å². The zero-order chi connectivity index (χ0) is 12.7. The molecule has 0 aromatic carbocycles. The third-order valence-electron chi connectivity index (χ3n) is 3.41. The lowest BCUT2D eigenvalue weighted by Crippen LogP contribution is -1.98. The third kappa shape index (κ3) is 1.94. The van der Waals surface area contributed by atoms with Crippen LogP contribution in [0.3, 0.4) is 0 Å². The van der Waals surface area contributed by atoms with Crippen LogP contribution in [0.1, 0.15) is 36.3 Å². The molecule has 0 spiro atoms. The van der Waals surface area contributed by atoms with Crippen LogP contribution in [0.5, 0.6) is 0 Å². The van der Waals surface area contributed by atoms with Gasteiger partial charge in [-0.25, -0.2) is 0 Å². The van der Waals surface area contributed by atoms with E-state index in [9.17, 15) is 0 Å². The summed E-state index contributed by atoms with van der Waals surface area (Å²) >= 11 is 1.85. The molecule has 2 aromatic rings. The first-order valence-electron chi connectivity index (χ1n) is 6.51. The number of hydrogen-bond donors (Lipinski definition) is 1. The molecule has 0 unspecified atom stereocenters. The Labute approximate surface area is 111 Å². The van der Waals surface area contributed by atoms with E-state index in [1.165, 1.54) is 34.6 Å². The van der Waals surface area contributed by atoms with Crippen molar-refractivity contribution in [3.05, 3.63) is 22.1 Å². The molecule has 0 radical (unpaired) electrons. The van der Waals surface area contributed by atoms with E-state index in [0.717, 1.165) is 17.7 Å². The summed E-state index contributed by atoms with van der Waals surface area (Å²) in [5, 5.41) is 4.16. The van der Waals surface area contributed by atoms with Gasteiger partial charge in [0.2, 0.25) is 5.88 Å². The number of nitrogen functional groups attached to an aromatic ring is 1. The molecule has 3 rings (SSSR count). The zero-order valence-corrected chi connectivity index (χ0v) is 11.6. The Morgan fingerprint density at radius 2 is 2.28 bits per heavy atom. The summed E-state index contributed by atoms with van der Waals surface area (Å²) in [5.74, 6) is 1.03. The number of thiophene rings is 1. The first kappa shape index (κ1) is 11.8. The maximum atomic E-state index is 5.89. The van der Waals surface area contributed by atoms with E-state index in [4.69, 9.17) is 10.3 Å². The van der Waals surface area contributed by atoms with Crippen LogP contribution < -0.4 is 5.73 Å². The van der Waals surface area contributed by atoms with Crippen LogP contribution in [0.4, 0.5) is 5.88 Å². The molecule has 0 saturated carbocycles. The van der Waals surface area contributed by atoms with E-state index in [0.29, 0.717) is 11.8 Å². The Morgan fingerprint density at radius 3 is 3.00 bits per heavy atom. The molecular weight excluding hydrogens is 244 g/mol. The second-order valence-electron chi connectivity index (χ2n) is 5.38. The van der Waals surface area contributed by atoms with Crippen LogP contribution >= 0.6 is 11.3 Å². The van der Waals surface area contributed by atoms with Crippen molar-refractivity contribution in [1.29, 1.82) is 0 Å². The number of nitrogens with two attached hydrogens (primary N) is 1. The minimum atomic E-state index is 0.479. The highest BCUT2D eigenvalue weighted by Crippen LogP contribution is 2.39. The maximum absolute atomic E-state index is 5.89. The fourth-order valence-electron chi connectivity index (χ4n) is 2.57. The molecule has 96 valence electrons. The van der Waals surface area contributed by atoms with Gasteiger partial charge in [-0.15, -0.1) is 11.3 Å². The topological polar surface area (TPSA) is 52.0 Å². The lowest BCUT2D eigenvalue weighted by Gasteiger charge is -2.03. The first-order valence-corrected chi connectivity index (χ1v) is 7.32. The van der Waals surface area contributed by atoms with E-state index in [1.54, 1.807) is 0 Å². The van der Waals surface area contributed by atoms with Crippen molar-refractivity contribution in [3.63, 3.8) is 0 Å². The molecule has 1 aliphatic rings. The molecule has 0 amide bonds. The largest absolute Gasteiger partial charge is 0.367 e. The van der Waals surface area contributed by atoms with Gasteiger partial charge in [0, 0.05) is 10.4 Å². The van der Waals surface area contributed by atoms with Gasteiger partial charge in [-0.05, 0) is 43.2 Å². The van der Waals surface area contributed by atoms with Gasteiger partial charge in [-0.3, -0.25) is 0 Å². The Hall–Kier alpha value is -1.29. The second kappa shape index (κ2) is 4.43. The van der Waals surface area contributed by atoms with Crippen LogP contribution in [0, 0.1) is 5.92 Å². The van der Waals surface area contributed by atoms with Gasteiger partial charge in [-0.2, -0.15) is 0 Å². The number of aryl methyl sites for hydroxylation is 2. The number of rotatable bonds is 3. The predicted molar refractivity (Wildman–Crippen MR) is 74.8 cm³/mol. The van der Waals surface area contributed by atoms with Gasteiger partial charge in [0.15, 0.2) is 0 Å². The molecule has 4 heteroatoms. The number of nitrogens with zero attached hydrogens (tertiary/aromatic N) is 1. The molecule has 0 atom stereocenters. The smallest absolute Gasteiger partial charge is 0.225 e. The van der Waals surface area contributed by atoms with Crippen molar-refractivity contribution in [3.8, 4) is 10.6 Å². The van der Waals surface area contributed by atoms with Crippen molar-refractivity contribution in [2.45, 2.75) is 39.5 Å². The molecule has 18 heavy (non-hydrogen) atoms. The second-order valence-corrected chi connectivity index (χ2v) is 6.52. The molecule has 0 aliphatic heterocycles. The molecule has 0 fully saturated rings. The van der Waals surface area contributed by atoms with Gasteiger partial charge in [0.25, 0.3) is 0 Å². The van der Waals surface area contributed by atoms with E-state index in [2.05, 4.69) is 25.1 Å². The summed E-state index contributed by atoms with van der Waals surface area (Å²) in [5.41, 5.74) is 9.42. The number of hydrogen-bond acceptors (Lipinski definition) is 4. The highest BCUT2D eigenvalue weighted by molar-refractivity contribution is 7.15. The summed E-state index contributed by atoms with van der Waals surface area (Å²) in [4.78, 5) is 2.73. The lowest BCUT2D eigenvalue weighted by molar-refractivity contribution is 0.438.